The summed E-state index contributed by atoms with van der Waals surface area (Å²) in [6.45, 7) is 6.77. The second-order valence-electron chi connectivity index (χ2n) is 5.67. The highest BCUT2D eigenvalue weighted by atomic mass is 79.9. The molecule has 0 heterocycles. The maximum Gasteiger partial charge on any atom is 0.322 e. The fraction of sp³-hybridized carbons (Fsp3) is 0.462. The number of rotatable bonds is 4. The molecule has 112 valence electrons. The molecule has 0 aliphatic rings. The average Bonchev–Trinajstić information content (AvgIpc) is 2.27. The Morgan fingerprint density at radius 3 is 2.30 bits per heavy atom. The Labute approximate surface area is 127 Å². The van der Waals surface area contributed by atoms with E-state index < -0.39 is 27.4 Å². The molecule has 0 spiro atoms. The smallest absolute Gasteiger partial charge is 0.322 e. The molecule has 0 aliphatic carbocycles. The number of hydrogen-bond donors (Lipinski definition) is 2. The molecule has 7 heteroatoms. The fourth-order valence-corrected chi connectivity index (χ4v) is 3.33. The quantitative estimate of drug-likeness (QED) is 0.860. The number of carbonyl (C=O) groups is 1. The standard InChI is InChI=1S/C13H18BrNO4S/c1-8-7-9(5-6-10(8)14)20(18,19)15-11(12(16)17)13(2,3)4/h5-7,11,15H,1-4H3,(H,16,17)/t11-/m1/s1. The lowest BCUT2D eigenvalue weighted by Crippen LogP contribution is -2.48. The van der Waals surface area contributed by atoms with E-state index in [0.29, 0.717) is 0 Å². The van der Waals surface area contributed by atoms with Gasteiger partial charge in [0.05, 0.1) is 4.90 Å². The monoisotopic (exact) mass is 363 g/mol. The van der Waals surface area contributed by atoms with Crippen LogP contribution in [-0.4, -0.2) is 25.5 Å². The first-order chi connectivity index (χ1) is 8.95. The normalized spacial score (nSPS) is 14.1. The first-order valence-electron chi connectivity index (χ1n) is 5.96. The Hall–Kier alpha value is -0.920. The van der Waals surface area contributed by atoms with Gasteiger partial charge in [-0.1, -0.05) is 36.7 Å². The molecule has 0 amide bonds. The summed E-state index contributed by atoms with van der Waals surface area (Å²) in [5, 5.41) is 9.18. The van der Waals surface area contributed by atoms with Gasteiger partial charge in [0.25, 0.3) is 0 Å². The summed E-state index contributed by atoms with van der Waals surface area (Å²) in [5.41, 5.74) is 0.0269. The largest absolute Gasteiger partial charge is 0.480 e. The molecule has 0 unspecified atom stereocenters. The Morgan fingerprint density at radius 2 is 1.90 bits per heavy atom. The lowest BCUT2D eigenvalue weighted by molar-refractivity contribution is -0.141. The van der Waals surface area contributed by atoms with Crippen LogP contribution in [0.5, 0.6) is 0 Å². The van der Waals surface area contributed by atoms with Crippen molar-refractivity contribution in [2.75, 3.05) is 0 Å². The summed E-state index contributed by atoms with van der Waals surface area (Å²) in [6, 6.07) is 3.35. The van der Waals surface area contributed by atoms with Crippen LogP contribution >= 0.6 is 15.9 Å². The summed E-state index contributed by atoms with van der Waals surface area (Å²) in [7, 11) is -3.88. The van der Waals surface area contributed by atoms with Crippen LogP contribution in [0, 0.1) is 12.3 Å². The summed E-state index contributed by atoms with van der Waals surface area (Å²) in [4.78, 5) is 11.3. The van der Waals surface area contributed by atoms with Crippen LogP contribution in [0.4, 0.5) is 0 Å². The van der Waals surface area contributed by atoms with Crippen LogP contribution in [0.25, 0.3) is 0 Å². The third-order valence-electron chi connectivity index (χ3n) is 2.83. The molecule has 0 saturated heterocycles. The van der Waals surface area contributed by atoms with Crippen molar-refractivity contribution in [2.45, 2.75) is 38.6 Å². The number of sulfonamides is 1. The van der Waals surface area contributed by atoms with Gasteiger partial charge in [0.1, 0.15) is 6.04 Å². The van der Waals surface area contributed by atoms with Crippen molar-refractivity contribution in [3.8, 4) is 0 Å². The number of halogens is 1. The molecular weight excluding hydrogens is 346 g/mol. The topological polar surface area (TPSA) is 83.5 Å². The van der Waals surface area contributed by atoms with E-state index in [9.17, 15) is 18.3 Å². The number of nitrogens with one attached hydrogen (secondary N) is 1. The zero-order chi connectivity index (χ0) is 15.7. The van der Waals surface area contributed by atoms with Gasteiger partial charge in [0.15, 0.2) is 0 Å². The van der Waals surface area contributed by atoms with E-state index in [-0.39, 0.29) is 4.90 Å². The molecule has 2 N–H and O–H groups in total. The molecule has 0 aromatic heterocycles. The van der Waals surface area contributed by atoms with Crippen molar-refractivity contribution < 1.29 is 18.3 Å². The average molecular weight is 364 g/mol. The van der Waals surface area contributed by atoms with Gasteiger partial charge in [0, 0.05) is 4.47 Å². The molecular formula is C13H18BrNO4S. The van der Waals surface area contributed by atoms with Crippen molar-refractivity contribution >= 4 is 31.9 Å². The van der Waals surface area contributed by atoms with Gasteiger partial charge in [-0.05, 0) is 36.1 Å². The van der Waals surface area contributed by atoms with E-state index in [0.717, 1.165) is 10.0 Å². The first-order valence-corrected chi connectivity index (χ1v) is 8.24. The van der Waals surface area contributed by atoms with Crippen LogP contribution in [0.15, 0.2) is 27.6 Å². The van der Waals surface area contributed by atoms with Gasteiger partial charge >= 0.3 is 5.97 Å². The van der Waals surface area contributed by atoms with Crippen molar-refractivity contribution in [3.05, 3.63) is 28.2 Å². The fourth-order valence-electron chi connectivity index (χ4n) is 1.61. The molecule has 1 atom stereocenters. The van der Waals surface area contributed by atoms with Crippen molar-refractivity contribution in [1.29, 1.82) is 0 Å². The van der Waals surface area contributed by atoms with Gasteiger partial charge in [-0.15, -0.1) is 0 Å². The second-order valence-corrected chi connectivity index (χ2v) is 8.24. The molecule has 0 aliphatic heterocycles. The minimum atomic E-state index is -3.88. The zero-order valence-electron chi connectivity index (χ0n) is 11.8. The van der Waals surface area contributed by atoms with Crippen molar-refractivity contribution in [1.82, 2.24) is 4.72 Å². The van der Waals surface area contributed by atoms with Crippen LogP contribution in [0.2, 0.25) is 0 Å². The Balaban J connectivity index is 3.16. The zero-order valence-corrected chi connectivity index (χ0v) is 14.2. The predicted molar refractivity (Wildman–Crippen MR) is 80.1 cm³/mol. The van der Waals surface area contributed by atoms with Crippen LogP contribution in [0.1, 0.15) is 26.3 Å². The van der Waals surface area contributed by atoms with E-state index in [4.69, 9.17) is 0 Å². The number of benzene rings is 1. The van der Waals surface area contributed by atoms with Crippen molar-refractivity contribution in [3.63, 3.8) is 0 Å². The second kappa shape index (κ2) is 5.83. The highest BCUT2D eigenvalue weighted by molar-refractivity contribution is 9.10. The third-order valence-corrected chi connectivity index (χ3v) is 5.14. The molecule has 0 fully saturated rings. The van der Waals surface area contributed by atoms with Crippen molar-refractivity contribution in [2.24, 2.45) is 5.41 Å². The summed E-state index contributed by atoms with van der Waals surface area (Å²) >= 11 is 3.29. The van der Waals surface area contributed by atoms with Gasteiger partial charge < -0.3 is 5.11 Å². The van der Waals surface area contributed by atoms with Gasteiger partial charge in [0.2, 0.25) is 10.0 Å². The molecule has 20 heavy (non-hydrogen) atoms. The lowest BCUT2D eigenvalue weighted by Gasteiger charge is -2.27. The molecule has 1 aromatic rings. The minimum absolute atomic E-state index is 0.0497. The van der Waals surface area contributed by atoms with Gasteiger partial charge in [-0.3, -0.25) is 4.79 Å². The van der Waals surface area contributed by atoms with Crippen LogP contribution < -0.4 is 4.72 Å². The van der Waals surface area contributed by atoms with E-state index >= 15 is 0 Å². The number of carboxylic acid groups (broad SMARTS) is 1. The van der Waals surface area contributed by atoms with Crippen LogP contribution in [-0.2, 0) is 14.8 Å². The van der Waals surface area contributed by atoms with E-state index in [2.05, 4.69) is 20.7 Å². The van der Waals surface area contributed by atoms with E-state index in [1.165, 1.54) is 12.1 Å². The molecule has 0 radical (unpaired) electrons. The minimum Gasteiger partial charge on any atom is -0.480 e. The number of carboxylic acids is 1. The lowest BCUT2D eigenvalue weighted by atomic mass is 9.88. The van der Waals surface area contributed by atoms with Crippen LogP contribution in [0.3, 0.4) is 0 Å². The molecule has 0 saturated carbocycles. The van der Waals surface area contributed by atoms with Gasteiger partial charge in [-0.25, -0.2) is 8.42 Å². The van der Waals surface area contributed by atoms with E-state index in [1.807, 2.05) is 0 Å². The van der Waals surface area contributed by atoms with Gasteiger partial charge in [-0.2, -0.15) is 4.72 Å². The SMILES string of the molecule is Cc1cc(S(=O)(=O)N[C@H](C(=O)O)C(C)(C)C)ccc1Br. The predicted octanol–water partition coefficient (Wildman–Crippen LogP) is 2.54. The summed E-state index contributed by atoms with van der Waals surface area (Å²) in [6.07, 6.45) is 0. The number of hydrogen-bond acceptors (Lipinski definition) is 3. The first kappa shape index (κ1) is 17.1. The molecule has 0 bridgehead atoms. The number of aliphatic carboxylic acids is 1. The maximum atomic E-state index is 12.3. The molecule has 5 nitrogen and oxygen atoms in total. The highest BCUT2D eigenvalue weighted by Gasteiger charge is 2.35. The number of aryl methyl sites for hydroxylation is 1. The third kappa shape index (κ3) is 4.04. The maximum absolute atomic E-state index is 12.3. The summed E-state index contributed by atoms with van der Waals surface area (Å²) in [5.74, 6) is -1.20. The molecule has 1 rings (SSSR count). The Bertz CT molecular complexity index is 620. The summed E-state index contributed by atoms with van der Waals surface area (Å²) < 4.78 is 27.6. The Morgan fingerprint density at radius 1 is 1.35 bits per heavy atom. The Kier molecular flexibility index (Phi) is 4.99. The molecule has 1 aromatic carbocycles. The highest BCUT2D eigenvalue weighted by Crippen LogP contribution is 2.24. The van der Waals surface area contributed by atoms with E-state index in [1.54, 1.807) is 33.8 Å².